The van der Waals surface area contributed by atoms with Gasteiger partial charge in [-0.05, 0) is 34.5 Å². The number of rotatable bonds is 6. The summed E-state index contributed by atoms with van der Waals surface area (Å²) in [6.07, 6.45) is 1.45. The van der Waals surface area contributed by atoms with Crippen LogP contribution < -0.4 is 10.2 Å². The number of benzene rings is 4. The van der Waals surface area contributed by atoms with Crippen molar-refractivity contribution in [2.45, 2.75) is 6.61 Å². The van der Waals surface area contributed by atoms with Gasteiger partial charge in [0.25, 0.3) is 5.91 Å². The maximum absolute atomic E-state index is 12.6. The SMILES string of the molecule is O=C(N/N=C\c1c(O)ccc2ccccc12)c1ccccc1OCc1ccccc1. The molecule has 0 radical (unpaired) electrons. The highest BCUT2D eigenvalue weighted by Gasteiger charge is 2.12. The number of nitrogens with one attached hydrogen (secondary N) is 1. The van der Waals surface area contributed by atoms with Gasteiger partial charge < -0.3 is 9.84 Å². The molecule has 0 aliphatic rings. The summed E-state index contributed by atoms with van der Waals surface area (Å²) in [7, 11) is 0. The normalized spacial score (nSPS) is 10.9. The number of hydrazone groups is 1. The van der Waals surface area contributed by atoms with Gasteiger partial charge in [-0.25, -0.2) is 5.43 Å². The highest BCUT2D eigenvalue weighted by Crippen LogP contribution is 2.25. The van der Waals surface area contributed by atoms with Gasteiger partial charge in [0.15, 0.2) is 0 Å². The van der Waals surface area contributed by atoms with Gasteiger partial charge in [0.1, 0.15) is 18.1 Å². The predicted molar refractivity (Wildman–Crippen MR) is 118 cm³/mol. The van der Waals surface area contributed by atoms with Crippen LogP contribution in [-0.4, -0.2) is 17.2 Å². The molecule has 0 aliphatic heterocycles. The fraction of sp³-hybridized carbons (Fsp3) is 0.0400. The summed E-state index contributed by atoms with van der Waals surface area (Å²) in [5.74, 6) is 0.176. The fourth-order valence-corrected chi connectivity index (χ4v) is 3.15. The molecule has 0 fully saturated rings. The molecule has 0 spiro atoms. The van der Waals surface area contributed by atoms with Crippen LogP contribution in [0.15, 0.2) is 96.1 Å². The monoisotopic (exact) mass is 396 g/mol. The van der Waals surface area contributed by atoms with Crippen molar-refractivity contribution in [2.75, 3.05) is 0 Å². The summed E-state index contributed by atoms with van der Waals surface area (Å²) < 4.78 is 5.83. The molecule has 2 N–H and O–H groups in total. The summed E-state index contributed by atoms with van der Waals surface area (Å²) in [5.41, 5.74) is 4.45. The van der Waals surface area contributed by atoms with Crippen molar-refractivity contribution in [1.82, 2.24) is 5.43 Å². The number of ether oxygens (including phenoxy) is 1. The number of hydrogen-bond donors (Lipinski definition) is 2. The zero-order valence-electron chi connectivity index (χ0n) is 16.2. The number of fused-ring (bicyclic) bond motifs is 1. The Labute approximate surface area is 174 Å². The third-order valence-electron chi connectivity index (χ3n) is 4.68. The number of nitrogens with zero attached hydrogens (tertiary/aromatic N) is 1. The Morgan fingerprint density at radius 3 is 2.50 bits per heavy atom. The van der Waals surface area contributed by atoms with E-state index in [2.05, 4.69) is 10.5 Å². The molecule has 0 saturated heterocycles. The average Bonchev–Trinajstić information content (AvgIpc) is 2.80. The summed E-state index contributed by atoms with van der Waals surface area (Å²) in [5, 5.41) is 16.1. The number of hydrogen-bond acceptors (Lipinski definition) is 4. The zero-order valence-corrected chi connectivity index (χ0v) is 16.2. The molecular formula is C25H20N2O3. The second-order valence-electron chi connectivity index (χ2n) is 6.69. The number of para-hydroxylation sites is 1. The van der Waals surface area contributed by atoms with Gasteiger partial charge in [0.2, 0.25) is 0 Å². The molecule has 0 heterocycles. The first kappa shape index (κ1) is 19.2. The van der Waals surface area contributed by atoms with Crippen LogP contribution in [0.1, 0.15) is 21.5 Å². The second-order valence-corrected chi connectivity index (χ2v) is 6.69. The molecule has 0 atom stereocenters. The van der Waals surface area contributed by atoms with Crippen LogP contribution in [0.2, 0.25) is 0 Å². The van der Waals surface area contributed by atoms with Crippen molar-refractivity contribution in [3.05, 3.63) is 108 Å². The number of amides is 1. The second kappa shape index (κ2) is 8.92. The topological polar surface area (TPSA) is 70.9 Å². The van der Waals surface area contributed by atoms with Crippen molar-refractivity contribution in [3.63, 3.8) is 0 Å². The molecule has 148 valence electrons. The van der Waals surface area contributed by atoms with Crippen molar-refractivity contribution in [3.8, 4) is 11.5 Å². The molecular weight excluding hydrogens is 376 g/mol. The van der Waals surface area contributed by atoms with Gasteiger partial charge in [0, 0.05) is 5.56 Å². The summed E-state index contributed by atoms with van der Waals surface area (Å²) in [4.78, 5) is 12.6. The lowest BCUT2D eigenvalue weighted by Crippen LogP contribution is -2.18. The van der Waals surface area contributed by atoms with Crippen LogP contribution in [0.5, 0.6) is 11.5 Å². The maximum Gasteiger partial charge on any atom is 0.275 e. The molecule has 1 amide bonds. The predicted octanol–water partition coefficient (Wildman–Crippen LogP) is 4.89. The van der Waals surface area contributed by atoms with Gasteiger partial charge >= 0.3 is 0 Å². The number of carbonyl (C=O) groups is 1. The van der Waals surface area contributed by atoms with Crippen molar-refractivity contribution >= 4 is 22.9 Å². The van der Waals surface area contributed by atoms with Gasteiger partial charge in [-0.2, -0.15) is 5.10 Å². The molecule has 30 heavy (non-hydrogen) atoms. The van der Waals surface area contributed by atoms with Gasteiger partial charge in [-0.3, -0.25) is 4.79 Å². The molecule has 4 aromatic rings. The van der Waals surface area contributed by atoms with E-state index in [0.29, 0.717) is 23.5 Å². The minimum atomic E-state index is -0.394. The Morgan fingerprint density at radius 2 is 1.63 bits per heavy atom. The lowest BCUT2D eigenvalue weighted by atomic mass is 10.0. The number of carbonyl (C=O) groups excluding carboxylic acids is 1. The molecule has 0 unspecified atom stereocenters. The Balaban J connectivity index is 1.49. The van der Waals surface area contributed by atoms with Crippen LogP contribution >= 0.6 is 0 Å². The van der Waals surface area contributed by atoms with E-state index in [1.165, 1.54) is 6.21 Å². The van der Waals surface area contributed by atoms with Gasteiger partial charge in [-0.15, -0.1) is 0 Å². The summed E-state index contributed by atoms with van der Waals surface area (Å²) in [6, 6.07) is 27.9. The fourth-order valence-electron chi connectivity index (χ4n) is 3.15. The van der Waals surface area contributed by atoms with Crippen molar-refractivity contribution < 1.29 is 14.6 Å². The van der Waals surface area contributed by atoms with E-state index >= 15 is 0 Å². The van der Waals surface area contributed by atoms with Crippen LogP contribution in [-0.2, 0) is 6.61 Å². The van der Waals surface area contributed by atoms with E-state index in [1.807, 2.05) is 66.7 Å². The first-order valence-corrected chi connectivity index (χ1v) is 9.52. The standard InChI is InChI=1S/C25H20N2O3/c28-23-15-14-19-10-4-5-11-20(19)22(23)16-26-27-25(29)21-12-6-7-13-24(21)30-17-18-8-2-1-3-9-18/h1-16,28H,17H2,(H,27,29)/b26-16-. The van der Waals surface area contributed by atoms with Crippen molar-refractivity contribution in [2.24, 2.45) is 5.10 Å². The Bertz CT molecular complexity index is 1200. The van der Waals surface area contributed by atoms with Crippen LogP contribution in [0.3, 0.4) is 0 Å². The minimum Gasteiger partial charge on any atom is -0.507 e. The highest BCUT2D eigenvalue weighted by molar-refractivity contribution is 6.03. The van der Waals surface area contributed by atoms with Crippen LogP contribution in [0, 0.1) is 0 Å². The van der Waals surface area contributed by atoms with E-state index in [1.54, 1.807) is 24.3 Å². The van der Waals surface area contributed by atoms with Crippen LogP contribution in [0.4, 0.5) is 0 Å². The largest absolute Gasteiger partial charge is 0.507 e. The van der Waals surface area contributed by atoms with E-state index in [4.69, 9.17) is 4.74 Å². The lowest BCUT2D eigenvalue weighted by molar-refractivity contribution is 0.0950. The lowest BCUT2D eigenvalue weighted by Gasteiger charge is -2.10. The summed E-state index contributed by atoms with van der Waals surface area (Å²) in [6.45, 7) is 0.359. The Kier molecular flexibility index (Phi) is 5.71. The smallest absolute Gasteiger partial charge is 0.275 e. The summed E-state index contributed by atoms with van der Waals surface area (Å²) >= 11 is 0. The van der Waals surface area contributed by atoms with E-state index < -0.39 is 5.91 Å². The molecule has 4 rings (SSSR count). The molecule has 5 heteroatoms. The van der Waals surface area contributed by atoms with E-state index in [9.17, 15) is 9.90 Å². The Hall–Kier alpha value is -4.12. The van der Waals surface area contributed by atoms with E-state index in [0.717, 1.165) is 16.3 Å². The molecule has 5 nitrogen and oxygen atoms in total. The van der Waals surface area contributed by atoms with Gasteiger partial charge in [0.05, 0.1) is 11.8 Å². The molecule has 0 saturated carbocycles. The molecule has 0 aromatic heterocycles. The van der Waals surface area contributed by atoms with E-state index in [-0.39, 0.29) is 5.75 Å². The maximum atomic E-state index is 12.6. The highest BCUT2D eigenvalue weighted by atomic mass is 16.5. The van der Waals surface area contributed by atoms with Crippen molar-refractivity contribution in [1.29, 1.82) is 0 Å². The zero-order chi connectivity index (χ0) is 20.8. The first-order valence-electron chi connectivity index (χ1n) is 9.52. The van der Waals surface area contributed by atoms with Gasteiger partial charge in [-0.1, -0.05) is 72.8 Å². The Morgan fingerprint density at radius 1 is 0.900 bits per heavy atom. The number of aromatic hydroxyl groups is 1. The average molecular weight is 396 g/mol. The minimum absolute atomic E-state index is 0.0956. The molecule has 4 aromatic carbocycles. The molecule has 0 bridgehead atoms. The number of phenols is 1. The molecule has 0 aliphatic carbocycles. The quantitative estimate of drug-likeness (QED) is 0.360. The third kappa shape index (κ3) is 4.31. The first-order chi connectivity index (χ1) is 14.7. The third-order valence-corrected chi connectivity index (χ3v) is 4.68. The van der Waals surface area contributed by atoms with Crippen LogP contribution in [0.25, 0.3) is 10.8 Å². The number of phenolic OH excluding ortho intramolecular Hbond substituents is 1.